The summed E-state index contributed by atoms with van der Waals surface area (Å²) in [6.07, 6.45) is 1.92. The Morgan fingerprint density at radius 2 is 2.00 bits per heavy atom. The Morgan fingerprint density at radius 1 is 1.28 bits per heavy atom. The van der Waals surface area contributed by atoms with E-state index in [2.05, 4.69) is 16.3 Å². The summed E-state index contributed by atoms with van der Waals surface area (Å²) in [4.78, 5) is 14.8. The molecule has 0 aliphatic carbocycles. The van der Waals surface area contributed by atoms with Crippen LogP contribution in [0.25, 0.3) is 0 Å². The number of rotatable bonds is 4. The van der Waals surface area contributed by atoms with Gasteiger partial charge in [0, 0.05) is 31.4 Å². The molecule has 3 N–H and O–H groups in total. The van der Waals surface area contributed by atoms with Crippen molar-refractivity contribution in [3.05, 3.63) is 53.0 Å². The smallest absolute Gasteiger partial charge is 0.255 e. The lowest BCUT2D eigenvalue weighted by molar-refractivity contribution is 0.0907. The third-order valence-electron chi connectivity index (χ3n) is 4.57. The lowest BCUT2D eigenvalue weighted by Gasteiger charge is -2.32. The van der Waals surface area contributed by atoms with Gasteiger partial charge in [0.1, 0.15) is 11.5 Å². The third kappa shape index (κ3) is 5.00. The molecule has 1 saturated heterocycles. The van der Waals surface area contributed by atoms with Crippen LogP contribution in [-0.2, 0) is 6.54 Å². The van der Waals surface area contributed by atoms with Crippen LogP contribution in [0.1, 0.15) is 40.3 Å². The van der Waals surface area contributed by atoms with Gasteiger partial charge >= 0.3 is 0 Å². The number of aryl methyl sites for hydroxylation is 2. The zero-order valence-corrected chi connectivity index (χ0v) is 15.6. The molecule has 0 bridgehead atoms. The fourth-order valence-electron chi connectivity index (χ4n) is 3.30. The number of nitrogens with two attached hydrogens (primary N) is 1. The predicted octanol–water partition coefficient (Wildman–Crippen LogP) is 3.29. The lowest BCUT2D eigenvalue weighted by Crippen LogP contribution is -2.44. The second kappa shape index (κ2) is 8.41. The number of hydrogen-bond acceptors (Lipinski definition) is 4. The van der Waals surface area contributed by atoms with Crippen LogP contribution in [-0.4, -0.2) is 29.9 Å². The van der Waals surface area contributed by atoms with Crippen LogP contribution >= 0.6 is 12.4 Å². The molecule has 0 saturated carbocycles. The monoisotopic (exact) mass is 363 g/mol. The second-order valence-electron chi connectivity index (χ2n) is 6.60. The Labute approximate surface area is 155 Å². The van der Waals surface area contributed by atoms with Crippen molar-refractivity contribution in [1.82, 2.24) is 10.2 Å². The van der Waals surface area contributed by atoms with Gasteiger partial charge in [-0.25, -0.2) is 0 Å². The molecular formula is C19H26ClN3O2. The highest BCUT2D eigenvalue weighted by molar-refractivity contribution is 5.95. The summed E-state index contributed by atoms with van der Waals surface area (Å²) in [5.74, 6) is 1.43. The fourth-order valence-corrected chi connectivity index (χ4v) is 3.30. The van der Waals surface area contributed by atoms with Gasteiger partial charge in [0.15, 0.2) is 0 Å². The van der Waals surface area contributed by atoms with Gasteiger partial charge in [-0.15, -0.1) is 12.4 Å². The first-order valence-corrected chi connectivity index (χ1v) is 8.46. The SMILES string of the molecule is Cc1cc(C(=O)NC2CCN(Cc3cccc(N)c3)CC2)c(C)o1.Cl. The number of anilines is 1. The number of nitrogen functional groups attached to an aromatic ring is 1. The standard InChI is InChI=1S/C19H25N3O2.ClH/c1-13-10-18(14(2)24-13)19(23)21-17-6-8-22(9-7-17)12-15-4-3-5-16(20)11-15;/h3-5,10-11,17H,6-9,12,20H2,1-2H3,(H,21,23);1H. The molecule has 0 spiro atoms. The summed E-state index contributed by atoms with van der Waals surface area (Å²) in [7, 11) is 0. The number of hydrogen-bond donors (Lipinski definition) is 2. The number of furan rings is 1. The van der Waals surface area contributed by atoms with Crippen LogP contribution in [0.15, 0.2) is 34.7 Å². The molecule has 1 aliphatic rings. The van der Waals surface area contributed by atoms with E-state index in [9.17, 15) is 4.79 Å². The predicted molar refractivity (Wildman–Crippen MR) is 102 cm³/mol. The van der Waals surface area contributed by atoms with Crippen LogP contribution in [0.5, 0.6) is 0 Å². The minimum Gasteiger partial charge on any atom is -0.466 e. The minimum absolute atomic E-state index is 0. The molecule has 0 unspecified atom stereocenters. The molecule has 1 aromatic carbocycles. The molecule has 0 radical (unpaired) electrons. The summed E-state index contributed by atoms with van der Waals surface area (Å²) in [6.45, 7) is 6.55. The summed E-state index contributed by atoms with van der Waals surface area (Å²) in [5.41, 5.74) is 8.53. The number of likely N-dealkylation sites (tertiary alicyclic amines) is 1. The van der Waals surface area contributed by atoms with E-state index >= 15 is 0 Å². The molecule has 1 fully saturated rings. The number of nitrogens with one attached hydrogen (secondary N) is 1. The molecule has 3 rings (SSSR count). The van der Waals surface area contributed by atoms with Gasteiger partial charge in [-0.3, -0.25) is 9.69 Å². The van der Waals surface area contributed by atoms with Crippen molar-refractivity contribution in [2.45, 2.75) is 39.3 Å². The van der Waals surface area contributed by atoms with Crippen molar-refractivity contribution in [3.63, 3.8) is 0 Å². The average Bonchev–Trinajstić information content (AvgIpc) is 2.88. The van der Waals surface area contributed by atoms with Crippen molar-refractivity contribution in [3.8, 4) is 0 Å². The summed E-state index contributed by atoms with van der Waals surface area (Å²) >= 11 is 0. The third-order valence-corrected chi connectivity index (χ3v) is 4.57. The maximum absolute atomic E-state index is 12.4. The highest BCUT2D eigenvalue weighted by Crippen LogP contribution is 2.17. The Balaban J connectivity index is 0.00000225. The summed E-state index contributed by atoms with van der Waals surface area (Å²) < 4.78 is 5.44. The van der Waals surface area contributed by atoms with Crippen molar-refractivity contribution in [1.29, 1.82) is 0 Å². The number of carbonyl (C=O) groups is 1. The van der Waals surface area contributed by atoms with E-state index in [0.29, 0.717) is 11.3 Å². The molecule has 25 heavy (non-hydrogen) atoms. The molecule has 2 aromatic rings. The molecule has 6 heteroatoms. The van der Waals surface area contributed by atoms with E-state index in [-0.39, 0.29) is 24.4 Å². The van der Waals surface area contributed by atoms with E-state index in [4.69, 9.17) is 10.2 Å². The first-order valence-electron chi connectivity index (χ1n) is 8.46. The molecule has 0 atom stereocenters. The Bertz CT molecular complexity index is 721. The zero-order valence-electron chi connectivity index (χ0n) is 14.7. The van der Waals surface area contributed by atoms with Crippen molar-refractivity contribution < 1.29 is 9.21 Å². The quantitative estimate of drug-likeness (QED) is 0.817. The maximum atomic E-state index is 12.4. The van der Waals surface area contributed by atoms with Gasteiger partial charge in [0.25, 0.3) is 5.91 Å². The van der Waals surface area contributed by atoms with E-state index in [0.717, 1.165) is 43.9 Å². The van der Waals surface area contributed by atoms with Crippen LogP contribution < -0.4 is 11.1 Å². The normalized spacial score (nSPS) is 15.6. The van der Waals surface area contributed by atoms with E-state index in [1.165, 1.54) is 5.56 Å². The maximum Gasteiger partial charge on any atom is 0.255 e. The van der Waals surface area contributed by atoms with E-state index in [1.807, 2.05) is 32.0 Å². The number of halogens is 1. The topological polar surface area (TPSA) is 71.5 Å². The van der Waals surface area contributed by atoms with Crippen molar-refractivity contribution in [2.24, 2.45) is 0 Å². The first-order chi connectivity index (χ1) is 11.5. The molecule has 1 aromatic heterocycles. The molecule has 136 valence electrons. The molecule has 1 aliphatic heterocycles. The molecular weight excluding hydrogens is 338 g/mol. The fraction of sp³-hybridized carbons (Fsp3) is 0.421. The van der Waals surface area contributed by atoms with Gasteiger partial charge in [0.2, 0.25) is 0 Å². The van der Waals surface area contributed by atoms with E-state index < -0.39 is 0 Å². The van der Waals surface area contributed by atoms with Gasteiger partial charge in [-0.1, -0.05) is 12.1 Å². The van der Waals surface area contributed by atoms with E-state index in [1.54, 1.807) is 6.07 Å². The Kier molecular flexibility index (Phi) is 6.51. The van der Waals surface area contributed by atoms with Crippen molar-refractivity contribution in [2.75, 3.05) is 18.8 Å². The molecule has 5 nitrogen and oxygen atoms in total. The van der Waals surface area contributed by atoms with Crippen LogP contribution in [0.4, 0.5) is 5.69 Å². The average molecular weight is 364 g/mol. The largest absolute Gasteiger partial charge is 0.466 e. The van der Waals surface area contributed by atoms with Gasteiger partial charge in [-0.2, -0.15) is 0 Å². The number of piperidine rings is 1. The van der Waals surface area contributed by atoms with Gasteiger partial charge in [0.05, 0.1) is 5.56 Å². The van der Waals surface area contributed by atoms with Crippen molar-refractivity contribution >= 4 is 24.0 Å². The number of benzene rings is 1. The summed E-state index contributed by atoms with van der Waals surface area (Å²) in [5, 5.41) is 3.14. The zero-order chi connectivity index (χ0) is 17.1. The van der Waals surface area contributed by atoms with Crippen LogP contribution in [0, 0.1) is 13.8 Å². The van der Waals surface area contributed by atoms with Gasteiger partial charge in [-0.05, 0) is 50.5 Å². The van der Waals surface area contributed by atoms with Crippen LogP contribution in [0.3, 0.4) is 0 Å². The Morgan fingerprint density at radius 3 is 2.60 bits per heavy atom. The summed E-state index contributed by atoms with van der Waals surface area (Å²) in [6, 6.07) is 10.1. The van der Waals surface area contributed by atoms with Crippen LogP contribution in [0.2, 0.25) is 0 Å². The lowest BCUT2D eigenvalue weighted by atomic mass is 10.0. The van der Waals surface area contributed by atoms with Gasteiger partial charge < -0.3 is 15.5 Å². The molecule has 1 amide bonds. The molecule has 2 heterocycles. The number of amides is 1. The first kappa shape index (κ1) is 19.3. The second-order valence-corrected chi connectivity index (χ2v) is 6.60. The number of carbonyl (C=O) groups excluding carboxylic acids is 1. The number of nitrogens with zero attached hydrogens (tertiary/aromatic N) is 1. The highest BCUT2D eigenvalue weighted by atomic mass is 35.5. The highest BCUT2D eigenvalue weighted by Gasteiger charge is 2.22. The Hall–Kier alpha value is -1.98. The minimum atomic E-state index is -0.0290.